The van der Waals surface area contributed by atoms with Gasteiger partial charge in [0.15, 0.2) is 0 Å². The summed E-state index contributed by atoms with van der Waals surface area (Å²) in [5.41, 5.74) is 2.94. The second-order valence-corrected chi connectivity index (χ2v) is 12.3. The number of carbonyl (C=O) groups is 1. The van der Waals surface area contributed by atoms with Crippen molar-refractivity contribution in [3.8, 4) is 11.5 Å². The highest BCUT2D eigenvalue weighted by atomic mass is 16.5. The third-order valence-corrected chi connectivity index (χ3v) is 10.1. The summed E-state index contributed by atoms with van der Waals surface area (Å²) >= 11 is 0. The van der Waals surface area contributed by atoms with E-state index in [4.69, 9.17) is 4.74 Å². The fraction of sp³-hybridized carbons (Fsp3) is 0.690. The highest BCUT2D eigenvalue weighted by molar-refractivity contribution is 5.66. The van der Waals surface area contributed by atoms with Gasteiger partial charge in [0.2, 0.25) is 0 Å². The summed E-state index contributed by atoms with van der Waals surface area (Å²) in [5.74, 6) is 1.45. The van der Waals surface area contributed by atoms with Gasteiger partial charge in [-0.15, -0.1) is 0 Å². The predicted molar refractivity (Wildman–Crippen MR) is 131 cm³/mol. The fourth-order valence-electron chi connectivity index (χ4n) is 8.59. The molecule has 4 nitrogen and oxygen atoms in total. The smallest absolute Gasteiger partial charge is 0.302 e. The number of ether oxygens (including phenoxy) is 1. The Morgan fingerprint density at radius 3 is 2.24 bits per heavy atom. The van der Waals surface area contributed by atoms with Gasteiger partial charge in [0.05, 0.1) is 0 Å². The molecule has 0 amide bonds. The standard InChI is InChI=1S/C29H42O4/c1-17-14-22(31)20(23(32)15-17)16-21-18(2)8-9-25-28(21,6)12-10-24-27(4,5)26(33-19(3)30)11-13-29(24,25)7/h14-15,21,24-26,31-32H,2,8-13,16H2,1,3-7H3/t21-,24+,25?,26+,28+,29+/m1/s1. The van der Waals surface area contributed by atoms with Gasteiger partial charge < -0.3 is 14.9 Å². The van der Waals surface area contributed by atoms with Gasteiger partial charge in [-0.1, -0.05) is 39.8 Å². The van der Waals surface area contributed by atoms with Crippen molar-refractivity contribution in [2.45, 2.75) is 92.6 Å². The van der Waals surface area contributed by atoms with E-state index >= 15 is 0 Å². The largest absolute Gasteiger partial charge is 0.508 e. The van der Waals surface area contributed by atoms with Gasteiger partial charge in [-0.05, 0) is 98.1 Å². The van der Waals surface area contributed by atoms with Crippen molar-refractivity contribution in [1.29, 1.82) is 0 Å². The van der Waals surface area contributed by atoms with Crippen molar-refractivity contribution in [2.24, 2.45) is 34.0 Å². The Labute approximate surface area is 199 Å². The Balaban J connectivity index is 1.68. The van der Waals surface area contributed by atoms with Crippen molar-refractivity contribution in [2.75, 3.05) is 0 Å². The summed E-state index contributed by atoms with van der Waals surface area (Å²) in [5, 5.41) is 21.3. The summed E-state index contributed by atoms with van der Waals surface area (Å²) in [6.07, 6.45) is 6.91. The molecule has 1 unspecified atom stereocenters. The highest BCUT2D eigenvalue weighted by Gasteiger charge is 2.63. The average molecular weight is 455 g/mol. The minimum absolute atomic E-state index is 0.0202. The molecule has 182 valence electrons. The molecule has 0 spiro atoms. The summed E-state index contributed by atoms with van der Waals surface area (Å²) in [6.45, 7) is 17.4. The number of hydrogen-bond donors (Lipinski definition) is 2. The Hall–Kier alpha value is -1.97. The minimum atomic E-state index is -0.177. The molecular formula is C29H42O4. The van der Waals surface area contributed by atoms with Crippen LogP contribution in [0.5, 0.6) is 11.5 Å². The molecule has 0 aromatic heterocycles. The van der Waals surface area contributed by atoms with Crippen molar-refractivity contribution < 1.29 is 19.7 Å². The number of phenolic OH excluding ortho intramolecular Hbond substituents is 2. The van der Waals surface area contributed by atoms with Crippen molar-refractivity contribution in [3.05, 3.63) is 35.4 Å². The maximum atomic E-state index is 11.8. The molecule has 3 aliphatic rings. The van der Waals surface area contributed by atoms with Crippen LogP contribution < -0.4 is 0 Å². The average Bonchev–Trinajstić information content (AvgIpc) is 2.68. The molecule has 4 rings (SSSR count). The number of esters is 1. The number of allylic oxidation sites excluding steroid dienone is 1. The van der Waals surface area contributed by atoms with Crippen molar-refractivity contribution >= 4 is 5.97 Å². The van der Waals surface area contributed by atoms with E-state index in [1.54, 1.807) is 12.1 Å². The van der Waals surface area contributed by atoms with E-state index < -0.39 is 0 Å². The van der Waals surface area contributed by atoms with Gasteiger partial charge in [-0.2, -0.15) is 0 Å². The van der Waals surface area contributed by atoms with E-state index in [2.05, 4.69) is 34.3 Å². The molecule has 0 saturated heterocycles. The molecule has 33 heavy (non-hydrogen) atoms. The van der Waals surface area contributed by atoms with E-state index in [0.29, 0.717) is 23.8 Å². The van der Waals surface area contributed by atoms with Gasteiger partial charge in [0, 0.05) is 17.9 Å². The normalized spacial score (nSPS) is 37.7. The lowest BCUT2D eigenvalue weighted by molar-refractivity contribution is -0.200. The van der Waals surface area contributed by atoms with E-state index in [0.717, 1.165) is 44.1 Å². The number of hydrogen-bond acceptors (Lipinski definition) is 4. The lowest BCUT2D eigenvalue weighted by Gasteiger charge is -2.67. The number of phenols is 2. The van der Waals surface area contributed by atoms with Gasteiger partial charge >= 0.3 is 5.97 Å². The minimum Gasteiger partial charge on any atom is -0.508 e. The van der Waals surface area contributed by atoms with E-state index in [-0.39, 0.29) is 45.7 Å². The molecular weight excluding hydrogens is 412 g/mol. The van der Waals surface area contributed by atoms with Gasteiger partial charge in [0.25, 0.3) is 0 Å². The molecule has 3 saturated carbocycles. The first-order valence-electron chi connectivity index (χ1n) is 12.7. The third kappa shape index (κ3) is 3.78. The van der Waals surface area contributed by atoms with E-state index in [1.165, 1.54) is 12.5 Å². The van der Waals surface area contributed by atoms with Crippen LogP contribution in [0.1, 0.15) is 84.3 Å². The molecule has 6 atom stereocenters. The first-order chi connectivity index (χ1) is 15.3. The second-order valence-electron chi connectivity index (χ2n) is 12.3. The van der Waals surface area contributed by atoms with Crippen LogP contribution in [0.2, 0.25) is 0 Å². The zero-order valence-corrected chi connectivity index (χ0v) is 21.3. The Kier molecular flexibility index (Phi) is 5.90. The predicted octanol–water partition coefficient (Wildman–Crippen LogP) is 6.71. The Morgan fingerprint density at radius 1 is 1.03 bits per heavy atom. The van der Waals surface area contributed by atoms with E-state index in [9.17, 15) is 15.0 Å². The van der Waals surface area contributed by atoms with Crippen LogP contribution >= 0.6 is 0 Å². The molecule has 4 heteroatoms. The summed E-state index contributed by atoms with van der Waals surface area (Å²) in [7, 11) is 0. The maximum Gasteiger partial charge on any atom is 0.302 e. The molecule has 0 radical (unpaired) electrons. The van der Waals surface area contributed by atoms with Gasteiger partial charge in [0.1, 0.15) is 17.6 Å². The molecule has 0 heterocycles. The topological polar surface area (TPSA) is 66.8 Å². The van der Waals surface area contributed by atoms with E-state index in [1.807, 2.05) is 6.92 Å². The SMILES string of the molecule is C=C1CCC2[C@@](C)(CC[C@H]3C(C)(C)[C@@H](OC(C)=O)CC[C@]23C)[C@@H]1Cc1c(O)cc(C)cc1O. The maximum absolute atomic E-state index is 11.8. The lowest BCUT2D eigenvalue weighted by Crippen LogP contribution is -2.61. The molecule has 1 aromatic carbocycles. The summed E-state index contributed by atoms with van der Waals surface area (Å²) in [6, 6.07) is 3.50. The van der Waals surface area contributed by atoms with Crippen LogP contribution in [0.25, 0.3) is 0 Å². The van der Waals surface area contributed by atoms with Crippen LogP contribution in [0.15, 0.2) is 24.3 Å². The molecule has 1 aromatic rings. The Morgan fingerprint density at radius 2 is 1.64 bits per heavy atom. The van der Waals surface area contributed by atoms with Crippen molar-refractivity contribution in [3.63, 3.8) is 0 Å². The zero-order chi connectivity index (χ0) is 24.3. The third-order valence-electron chi connectivity index (χ3n) is 10.1. The lowest BCUT2D eigenvalue weighted by atomic mass is 9.38. The quantitative estimate of drug-likeness (QED) is 0.394. The number of fused-ring (bicyclic) bond motifs is 3. The monoisotopic (exact) mass is 454 g/mol. The Bertz CT molecular complexity index is 939. The molecule has 0 aliphatic heterocycles. The molecule has 0 bridgehead atoms. The van der Waals surface area contributed by atoms with Gasteiger partial charge in [-0.3, -0.25) is 4.79 Å². The van der Waals surface area contributed by atoms with Crippen LogP contribution in [-0.4, -0.2) is 22.3 Å². The number of aromatic hydroxyl groups is 2. The van der Waals surface area contributed by atoms with Crippen LogP contribution in [0, 0.1) is 40.9 Å². The second kappa shape index (κ2) is 8.06. The number of benzene rings is 1. The highest BCUT2D eigenvalue weighted by Crippen LogP contribution is 2.69. The molecule has 3 fully saturated rings. The summed E-state index contributed by atoms with van der Waals surface area (Å²) in [4.78, 5) is 11.8. The number of aryl methyl sites for hydroxylation is 1. The van der Waals surface area contributed by atoms with Crippen LogP contribution in [0.4, 0.5) is 0 Å². The van der Waals surface area contributed by atoms with Crippen LogP contribution in [0.3, 0.4) is 0 Å². The first-order valence-corrected chi connectivity index (χ1v) is 12.7. The summed E-state index contributed by atoms with van der Waals surface area (Å²) < 4.78 is 5.81. The molecule has 2 N–H and O–H groups in total. The van der Waals surface area contributed by atoms with Crippen LogP contribution in [-0.2, 0) is 16.0 Å². The first kappa shape index (κ1) is 24.2. The number of rotatable bonds is 3. The van der Waals surface area contributed by atoms with Crippen molar-refractivity contribution in [1.82, 2.24) is 0 Å². The zero-order valence-electron chi connectivity index (χ0n) is 21.3. The van der Waals surface area contributed by atoms with Gasteiger partial charge in [-0.25, -0.2) is 0 Å². The number of carbonyl (C=O) groups excluding carboxylic acids is 1. The fourth-order valence-corrected chi connectivity index (χ4v) is 8.59. The molecule has 3 aliphatic carbocycles.